The second-order valence-electron chi connectivity index (χ2n) is 10.1. The van der Waals surface area contributed by atoms with Gasteiger partial charge in [0.05, 0.1) is 24.3 Å². The molecule has 2 fully saturated rings. The van der Waals surface area contributed by atoms with Crippen molar-refractivity contribution in [2.24, 2.45) is 5.92 Å². The van der Waals surface area contributed by atoms with Crippen molar-refractivity contribution in [1.29, 1.82) is 0 Å². The van der Waals surface area contributed by atoms with Gasteiger partial charge in [-0.3, -0.25) is 4.79 Å². The average molecular weight is 573 g/mol. The van der Waals surface area contributed by atoms with Gasteiger partial charge in [0, 0.05) is 25.2 Å². The Morgan fingerprint density at radius 3 is 2.23 bits per heavy atom. The molecule has 1 aliphatic heterocycles. The number of carbonyl (C=O) groups is 1. The van der Waals surface area contributed by atoms with E-state index in [1.54, 1.807) is 7.11 Å². The summed E-state index contributed by atoms with van der Waals surface area (Å²) < 4.78 is 82.6. The van der Waals surface area contributed by atoms with Crippen LogP contribution in [0.25, 0.3) is 6.08 Å². The number of halogens is 6. The third-order valence-electron chi connectivity index (χ3n) is 6.90. The molecule has 0 bridgehead atoms. The van der Waals surface area contributed by atoms with Crippen LogP contribution < -0.4 is 10.1 Å². The molecule has 1 aliphatic carbocycles. The van der Waals surface area contributed by atoms with Gasteiger partial charge < -0.3 is 20.1 Å². The number of nitrogens with zero attached hydrogens (tertiary/aromatic N) is 1. The molecule has 0 aromatic heterocycles. The zero-order chi connectivity index (χ0) is 29.3. The van der Waals surface area contributed by atoms with Crippen molar-refractivity contribution in [3.63, 3.8) is 0 Å². The maximum atomic E-state index is 12.9. The highest BCUT2D eigenvalue weighted by Crippen LogP contribution is 2.36. The number of β-amino-alcohol motifs (C(OH)–C–C–N with tert-alkyl or cyclic N) is 1. The molecule has 220 valence electrons. The van der Waals surface area contributed by atoms with Gasteiger partial charge in [-0.15, -0.1) is 0 Å². The van der Waals surface area contributed by atoms with Crippen molar-refractivity contribution in [2.45, 2.75) is 56.6 Å². The van der Waals surface area contributed by atoms with Gasteiger partial charge in [0.2, 0.25) is 5.91 Å². The Kier molecular flexibility index (Phi) is 11.0. The number of piperidine rings is 1. The van der Waals surface area contributed by atoms with Crippen LogP contribution in [0.4, 0.5) is 26.3 Å². The van der Waals surface area contributed by atoms with Crippen LogP contribution in [-0.4, -0.2) is 54.8 Å². The quantitative estimate of drug-likeness (QED) is 0.321. The Balaban J connectivity index is 0.000000472. The van der Waals surface area contributed by atoms with Gasteiger partial charge in [0.1, 0.15) is 5.75 Å². The number of aliphatic hydroxyl groups excluding tert-OH is 1. The van der Waals surface area contributed by atoms with Gasteiger partial charge in [-0.2, -0.15) is 26.3 Å². The Labute approximate surface area is 229 Å². The van der Waals surface area contributed by atoms with E-state index in [0.29, 0.717) is 24.6 Å². The topological polar surface area (TPSA) is 61.8 Å². The van der Waals surface area contributed by atoms with Crippen LogP contribution in [-0.2, 0) is 17.1 Å². The number of amides is 1. The molecule has 1 amide bonds. The zero-order valence-electron chi connectivity index (χ0n) is 22.1. The number of alkyl halides is 6. The predicted octanol–water partition coefficient (Wildman–Crippen LogP) is 6.17. The second-order valence-corrected chi connectivity index (χ2v) is 10.1. The van der Waals surface area contributed by atoms with E-state index in [2.05, 4.69) is 10.2 Å². The van der Waals surface area contributed by atoms with Crippen molar-refractivity contribution in [2.75, 3.05) is 26.7 Å². The van der Waals surface area contributed by atoms with Gasteiger partial charge in [-0.1, -0.05) is 18.2 Å². The van der Waals surface area contributed by atoms with E-state index in [1.165, 1.54) is 0 Å². The van der Waals surface area contributed by atoms with Crippen molar-refractivity contribution >= 4 is 12.0 Å². The van der Waals surface area contributed by atoms with Gasteiger partial charge in [0.15, 0.2) is 0 Å². The minimum atomic E-state index is -4.94. The summed E-state index contributed by atoms with van der Waals surface area (Å²) in [6, 6.07) is 10.8. The molecule has 2 aliphatic rings. The molecule has 0 spiro atoms. The van der Waals surface area contributed by atoms with Crippen LogP contribution >= 0.6 is 0 Å². The smallest absolute Gasteiger partial charge is 0.416 e. The van der Waals surface area contributed by atoms with Crippen LogP contribution in [0.5, 0.6) is 5.75 Å². The van der Waals surface area contributed by atoms with E-state index in [1.807, 2.05) is 30.3 Å². The molecule has 1 saturated carbocycles. The maximum Gasteiger partial charge on any atom is 0.416 e. The second kappa shape index (κ2) is 14.0. The minimum absolute atomic E-state index is 0.0530. The summed E-state index contributed by atoms with van der Waals surface area (Å²) in [5, 5.41) is 12.5. The van der Waals surface area contributed by atoms with E-state index >= 15 is 0 Å². The number of benzene rings is 2. The third kappa shape index (κ3) is 10.2. The summed E-state index contributed by atoms with van der Waals surface area (Å²) in [5.74, 6) is 0.718. The largest absolute Gasteiger partial charge is 0.497 e. The number of methoxy groups -OCH3 is 1. The monoisotopic (exact) mass is 572 g/mol. The maximum absolute atomic E-state index is 12.9. The van der Waals surface area contributed by atoms with E-state index in [9.17, 15) is 36.2 Å². The number of hydrogen-bond acceptors (Lipinski definition) is 4. The molecule has 0 unspecified atom stereocenters. The lowest BCUT2D eigenvalue weighted by Gasteiger charge is -2.31. The van der Waals surface area contributed by atoms with Gasteiger partial charge in [-0.25, -0.2) is 0 Å². The molecule has 1 saturated heterocycles. The van der Waals surface area contributed by atoms with E-state index in [0.717, 1.165) is 63.1 Å². The third-order valence-corrected chi connectivity index (χ3v) is 6.90. The van der Waals surface area contributed by atoms with Crippen LogP contribution in [0.15, 0.2) is 54.6 Å². The molecule has 2 aromatic rings. The molecule has 2 N–H and O–H groups in total. The number of nitrogens with one attached hydrogen (secondary N) is 1. The van der Waals surface area contributed by atoms with Crippen LogP contribution in [0.1, 0.15) is 48.8 Å². The Bertz CT molecular complexity index is 1090. The lowest BCUT2D eigenvalue weighted by atomic mass is 10.0. The molecule has 3 atom stereocenters. The molecule has 5 nitrogen and oxygen atoms in total. The molecular formula is C29H34F6N2O3. The molecular weight excluding hydrogens is 538 g/mol. The number of ether oxygens (including phenoxy) is 1. The van der Waals surface area contributed by atoms with E-state index in [4.69, 9.17) is 4.74 Å². The van der Waals surface area contributed by atoms with Crippen molar-refractivity contribution in [1.82, 2.24) is 10.2 Å². The number of likely N-dealkylation sites (tertiary alicyclic amines) is 1. The number of carbonyl (C=O) groups excluding carboxylic acids is 1. The van der Waals surface area contributed by atoms with Crippen molar-refractivity contribution in [3.8, 4) is 5.75 Å². The molecule has 0 radical (unpaired) electrons. The first kappa shape index (κ1) is 31.5. The van der Waals surface area contributed by atoms with Crippen molar-refractivity contribution < 1.29 is 41.0 Å². The number of para-hydroxylation sites is 1. The fourth-order valence-corrected chi connectivity index (χ4v) is 4.99. The predicted molar refractivity (Wildman–Crippen MR) is 139 cm³/mol. The minimum Gasteiger partial charge on any atom is -0.497 e. The first-order valence-electron chi connectivity index (χ1n) is 13.1. The number of rotatable bonds is 6. The van der Waals surface area contributed by atoms with Gasteiger partial charge in [-0.05, 0) is 86.5 Å². The average Bonchev–Trinajstić information content (AvgIpc) is 3.33. The lowest BCUT2D eigenvalue weighted by Crippen LogP contribution is -2.40. The molecule has 2 aromatic carbocycles. The molecule has 11 heteroatoms. The summed E-state index contributed by atoms with van der Waals surface area (Å²) in [6.07, 6.45) is -4.09. The van der Waals surface area contributed by atoms with Crippen LogP contribution in [0.2, 0.25) is 0 Å². The van der Waals surface area contributed by atoms with Crippen molar-refractivity contribution in [3.05, 3.63) is 71.3 Å². The SMILES string of the molecule is COc1ccccc1.O=C(/C=C/c1cc(C(F)(F)F)cc(C(F)(F)F)c1)N[C@H]1CC[C@@H](CN2CCC[C@@H](O)C2)C1. The summed E-state index contributed by atoms with van der Waals surface area (Å²) in [5.41, 5.74) is -3.20. The lowest BCUT2D eigenvalue weighted by molar-refractivity contribution is -0.143. The molecule has 40 heavy (non-hydrogen) atoms. The summed E-state index contributed by atoms with van der Waals surface area (Å²) in [6.45, 7) is 2.42. The number of hydrogen-bond donors (Lipinski definition) is 2. The van der Waals surface area contributed by atoms with Crippen LogP contribution in [0, 0.1) is 5.92 Å². The Morgan fingerprint density at radius 1 is 1.02 bits per heavy atom. The molecule has 1 heterocycles. The standard InChI is InChI=1S/C22H26F6N2O2.C7H8O/c23-21(24,25)16-8-14(9-17(11-16)22(26,27)28)4-6-20(32)29-18-5-3-15(10-18)12-30-7-1-2-19(31)13-30;1-8-7-5-3-2-4-6-7/h4,6,8-9,11,15,18-19,31H,1-3,5,7,10,12-13H2,(H,29,32);2-6H,1H3/b6-4+;/t15-,18+,19-;/m1./s1. The summed E-state index contributed by atoms with van der Waals surface area (Å²) in [7, 11) is 1.66. The highest BCUT2D eigenvalue weighted by Gasteiger charge is 2.36. The Hall–Kier alpha value is -3.05. The Morgan fingerprint density at radius 2 is 1.68 bits per heavy atom. The first-order chi connectivity index (χ1) is 18.8. The molecule has 4 rings (SSSR count). The number of aliphatic hydroxyl groups is 1. The van der Waals surface area contributed by atoms with Crippen LogP contribution in [0.3, 0.4) is 0 Å². The van der Waals surface area contributed by atoms with Gasteiger partial charge >= 0.3 is 12.4 Å². The fourth-order valence-electron chi connectivity index (χ4n) is 4.99. The zero-order valence-corrected chi connectivity index (χ0v) is 22.1. The van der Waals surface area contributed by atoms with Gasteiger partial charge in [0.25, 0.3) is 0 Å². The summed E-state index contributed by atoms with van der Waals surface area (Å²) in [4.78, 5) is 14.4. The normalized spacial score (nSPS) is 22.1. The van der Waals surface area contributed by atoms with E-state index < -0.39 is 29.4 Å². The highest BCUT2D eigenvalue weighted by atomic mass is 19.4. The highest BCUT2D eigenvalue weighted by molar-refractivity contribution is 5.92. The fraction of sp³-hybridized carbons (Fsp3) is 0.483. The summed E-state index contributed by atoms with van der Waals surface area (Å²) >= 11 is 0. The first-order valence-corrected chi connectivity index (χ1v) is 13.1. The van der Waals surface area contributed by atoms with E-state index in [-0.39, 0.29) is 23.8 Å².